The van der Waals surface area contributed by atoms with Crippen LogP contribution in [0.4, 0.5) is 5.69 Å². The van der Waals surface area contributed by atoms with Gasteiger partial charge in [-0.2, -0.15) is 0 Å². The van der Waals surface area contributed by atoms with Crippen molar-refractivity contribution >= 4 is 11.5 Å². The van der Waals surface area contributed by atoms with Crippen LogP contribution in [0.25, 0.3) is 0 Å². The third kappa shape index (κ3) is 3.88. The number of carbonyl (C=O) groups is 1. The zero-order chi connectivity index (χ0) is 12.8. The minimum Gasteiger partial charge on any atom is -0.382 e. The number of benzene rings is 1. The van der Waals surface area contributed by atoms with Crippen molar-refractivity contribution in [3.63, 3.8) is 0 Å². The molecule has 94 valence electrons. The Morgan fingerprint density at radius 3 is 2.18 bits per heavy atom. The fourth-order valence-electron chi connectivity index (χ4n) is 1.91. The lowest BCUT2D eigenvalue weighted by atomic mass is 10.0. The van der Waals surface area contributed by atoms with Crippen LogP contribution in [0.1, 0.15) is 50.9 Å². The largest absolute Gasteiger partial charge is 0.382 e. The highest BCUT2D eigenvalue weighted by Gasteiger charge is 2.10. The Labute approximate surface area is 104 Å². The molecule has 2 heteroatoms. The van der Waals surface area contributed by atoms with E-state index in [0.29, 0.717) is 18.4 Å². The van der Waals surface area contributed by atoms with Crippen LogP contribution in [0.5, 0.6) is 0 Å². The molecule has 0 aliphatic carbocycles. The van der Waals surface area contributed by atoms with Crippen molar-refractivity contribution in [1.29, 1.82) is 0 Å². The lowest BCUT2D eigenvalue weighted by Crippen LogP contribution is -2.24. The first-order chi connectivity index (χ1) is 8.08. The normalized spacial score (nSPS) is 12.5. The molecule has 0 bridgehead atoms. The third-order valence-electron chi connectivity index (χ3n) is 3.12. The molecule has 0 heterocycles. The quantitative estimate of drug-likeness (QED) is 0.749. The summed E-state index contributed by atoms with van der Waals surface area (Å²) in [5.74, 6) is 0.810. The van der Waals surface area contributed by atoms with Gasteiger partial charge in [0.05, 0.1) is 0 Å². The second-order valence-corrected chi connectivity index (χ2v) is 4.76. The van der Waals surface area contributed by atoms with E-state index in [2.05, 4.69) is 26.1 Å². The van der Waals surface area contributed by atoms with Crippen molar-refractivity contribution in [3.05, 3.63) is 29.8 Å². The molecule has 0 fully saturated rings. The summed E-state index contributed by atoms with van der Waals surface area (Å²) in [5.41, 5.74) is 1.90. The van der Waals surface area contributed by atoms with Crippen LogP contribution in [0.3, 0.4) is 0 Å². The van der Waals surface area contributed by atoms with Gasteiger partial charge in [0.2, 0.25) is 0 Å². The maximum absolute atomic E-state index is 11.5. The number of hydrogen-bond donors (Lipinski definition) is 1. The van der Waals surface area contributed by atoms with Gasteiger partial charge in [0.25, 0.3) is 0 Å². The number of nitrogens with one attached hydrogen (secondary N) is 1. The van der Waals surface area contributed by atoms with Crippen LogP contribution in [0.15, 0.2) is 24.3 Å². The van der Waals surface area contributed by atoms with Crippen molar-refractivity contribution in [2.75, 3.05) is 5.32 Å². The molecule has 0 aliphatic rings. The van der Waals surface area contributed by atoms with Crippen molar-refractivity contribution in [2.45, 2.75) is 46.6 Å². The van der Waals surface area contributed by atoms with E-state index in [4.69, 9.17) is 0 Å². The monoisotopic (exact) mass is 233 g/mol. The lowest BCUT2D eigenvalue weighted by molar-refractivity contribution is 0.0988. The van der Waals surface area contributed by atoms with Crippen molar-refractivity contribution in [3.8, 4) is 0 Å². The highest BCUT2D eigenvalue weighted by Crippen LogP contribution is 2.16. The zero-order valence-corrected chi connectivity index (χ0v) is 11.3. The molecule has 0 radical (unpaired) electrons. The SMILES string of the molecule is CCC(=O)c1ccc(NC(CC)C(C)C)cc1. The summed E-state index contributed by atoms with van der Waals surface area (Å²) in [6, 6.07) is 8.28. The summed E-state index contributed by atoms with van der Waals surface area (Å²) >= 11 is 0. The summed E-state index contributed by atoms with van der Waals surface area (Å²) < 4.78 is 0. The van der Waals surface area contributed by atoms with Crippen LogP contribution in [-0.2, 0) is 0 Å². The maximum atomic E-state index is 11.5. The Kier molecular flexibility index (Phi) is 5.20. The first kappa shape index (κ1) is 13.8. The van der Waals surface area contributed by atoms with Gasteiger partial charge in [-0.1, -0.05) is 27.7 Å². The van der Waals surface area contributed by atoms with Gasteiger partial charge in [-0.25, -0.2) is 0 Å². The van der Waals surface area contributed by atoms with E-state index < -0.39 is 0 Å². The highest BCUT2D eigenvalue weighted by atomic mass is 16.1. The van der Waals surface area contributed by atoms with Crippen molar-refractivity contribution in [1.82, 2.24) is 0 Å². The first-order valence-electron chi connectivity index (χ1n) is 6.48. The number of hydrogen-bond acceptors (Lipinski definition) is 2. The Morgan fingerprint density at radius 2 is 1.76 bits per heavy atom. The molecule has 0 amide bonds. The summed E-state index contributed by atoms with van der Waals surface area (Å²) in [6.45, 7) is 8.51. The van der Waals surface area contributed by atoms with Crippen LogP contribution < -0.4 is 5.32 Å². The molecule has 1 aromatic carbocycles. The molecule has 1 rings (SSSR count). The van der Waals surface area contributed by atoms with Gasteiger partial charge in [0, 0.05) is 23.7 Å². The first-order valence-corrected chi connectivity index (χ1v) is 6.48. The van der Waals surface area contributed by atoms with Crippen molar-refractivity contribution < 1.29 is 4.79 Å². The molecule has 1 aromatic rings. The number of ketones is 1. The van der Waals surface area contributed by atoms with E-state index in [-0.39, 0.29) is 5.78 Å². The number of rotatable bonds is 6. The predicted octanol–water partition coefficient (Wildman–Crippen LogP) is 4.13. The van der Waals surface area contributed by atoms with E-state index in [1.807, 2.05) is 31.2 Å². The van der Waals surface area contributed by atoms with E-state index in [1.54, 1.807) is 0 Å². The molecule has 1 unspecified atom stereocenters. The minimum absolute atomic E-state index is 0.201. The molecule has 1 atom stereocenters. The van der Waals surface area contributed by atoms with E-state index in [9.17, 15) is 4.79 Å². The maximum Gasteiger partial charge on any atom is 0.162 e. The molecule has 2 nitrogen and oxygen atoms in total. The molecular formula is C15H23NO. The van der Waals surface area contributed by atoms with Crippen LogP contribution >= 0.6 is 0 Å². The fourth-order valence-corrected chi connectivity index (χ4v) is 1.91. The Bertz CT molecular complexity index is 354. The lowest BCUT2D eigenvalue weighted by Gasteiger charge is -2.22. The zero-order valence-electron chi connectivity index (χ0n) is 11.3. The van der Waals surface area contributed by atoms with Gasteiger partial charge in [-0.05, 0) is 36.6 Å². The van der Waals surface area contributed by atoms with Gasteiger partial charge in [-0.3, -0.25) is 4.79 Å². The molecule has 0 spiro atoms. The van der Waals surface area contributed by atoms with E-state index >= 15 is 0 Å². The molecule has 17 heavy (non-hydrogen) atoms. The van der Waals surface area contributed by atoms with Crippen LogP contribution in [-0.4, -0.2) is 11.8 Å². The molecule has 0 aromatic heterocycles. The van der Waals surface area contributed by atoms with E-state index in [1.165, 1.54) is 0 Å². The average molecular weight is 233 g/mol. The Hall–Kier alpha value is -1.31. The van der Waals surface area contributed by atoms with Crippen LogP contribution in [0, 0.1) is 5.92 Å². The third-order valence-corrected chi connectivity index (χ3v) is 3.12. The van der Waals surface area contributed by atoms with Gasteiger partial charge >= 0.3 is 0 Å². The summed E-state index contributed by atoms with van der Waals surface area (Å²) in [7, 11) is 0. The highest BCUT2D eigenvalue weighted by molar-refractivity contribution is 5.96. The molecule has 0 saturated heterocycles. The van der Waals surface area contributed by atoms with Gasteiger partial charge in [0.1, 0.15) is 0 Å². The van der Waals surface area contributed by atoms with Gasteiger partial charge < -0.3 is 5.32 Å². The number of carbonyl (C=O) groups excluding carboxylic acids is 1. The van der Waals surface area contributed by atoms with Gasteiger partial charge in [-0.15, -0.1) is 0 Å². The van der Waals surface area contributed by atoms with Crippen LogP contribution in [0.2, 0.25) is 0 Å². The average Bonchev–Trinajstić information content (AvgIpc) is 2.35. The summed E-state index contributed by atoms with van der Waals surface area (Å²) in [5, 5.41) is 3.50. The topological polar surface area (TPSA) is 29.1 Å². The van der Waals surface area contributed by atoms with Crippen molar-refractivity contribution in [2.24, 2.45) is 5.92 Å². The molecular weight excluding hydrogens is 210 g/mol. The standard InChI is InChI=1S/C15H23NO/c1-5-14(11(3)4)16-13-9-7-12(8-10-13)15(17)6-2/h7-11,14,16H,5-6H2,1-4H3. The second kappa shape index (κ2) is 6.43. The molecule has 0 saturated carbocycles. The summed E-state index contributed by atoms with van der Waals surface area (Å²) in [6.07, 6.45) is 1.67. The predicted molar refractivity (Wildman–Crippen MR) is 73.6 cm³/mol. The summed E-state index contributed by atoms with van der Waals surface area (Å²) in [4.78, 5) is 11.5. The van der Waals surface area contributed by atoms with E-state index in [0.717, 1.165) is 17.7 Å². The Morgan fingerprint density at radius 1 is 1.18 bits per heavy atom. The smallest absolute Gasteiger partial charge is 0.162 e. The molecule has 0 aliphatic heterocycles. The Balaban J connectivity index is 2.71. The fraction of sp³-hybridized carbons (Fsp3) is 0.533. The number of Topliss-reactive ketones (excluding diaryl/α,β-unsaturated/α-hetero) is 1. The minimum atomic E-state index is 0.201. The second-order valence-electron chi connectivity index (χ2n) is 4.76. The van der Waals surface area contributed by atoms with Gasteiger partial charge in [0.15, 0.2) is 5.78 Å². The number of anilines is 1. The molecule has 1 N–H and O–H groups in total.